The molecule has 1 heterocycles. The van der Waals surface area contributed by atoms with Crippen LogP contribution in [0.3, 0.4) is 0 Å². The highest BCUT2D eigenvalue weighted by atomic mass is 32.2. The van der Waals surface area contributed by atoms with E-state index >= 15 is 0 Å². The standard InChI is InChI=1S/C19H15F3N2O4S/c20-19(21,22)28-14-8-6-13(7-9-14)23-18-24(11-12-4-2-1-3-5-12)16(25)10-15(29-18)17(26)27/h1-9,15H,10-11H2,(H,26,27)/t15-/m0/s1. The van der Waals surface area contributed by atoms with Crippen LogP contribution in [-0.2, 0) is 16.1 Å². The van der Waals surface area contributed by atoms with Crippen LogP contribution in [0.15, 0.2) is 59.6 Å². The highest BCUT2D eigenvalue weighted by Crippen LogP contribution is 2.31. The quantitative estimate of drug-likeness (QED) is 0.779. The number of benzene rings is 2. The van der Waals surface area contributed by atoms with Gasteiger partial charge >= 0.3 is 12.3 Å². The predicted octanol–water partition coefficient (Wildman–Crippen LogP) is 4.19. The van der Waals surface area contributed by atoms with E-state index < -0.39 is 29.2 Å². The van der Waals surface area contributed by atoms with Crippen molar-refractivity contribution in [3.63, 3.8) is 0 Å². The Morgan fingerprint density at radius 1 is 1.17 bits per heavy atom. The molecule has 1 atom stereocenters. The fourth-order valence-corrected chi connectivity index (χ4v) is 3.62. The molecule has 0 radical (unpaired) electrons. The van der Waals surface area contributed by atoms with Crippen molar-refractivity contribution < 1.29 is 32.6 Å². The van der Waals surface area contributed by atoms with Crippen LogP contribution in [0.2, 0.25) is 0 Å². The van der Waals surface area contributed by atoms with Crippen molar-refractivity contribution in [2.75, 3.05) is 0 Å². The summed E-state index contributed by atoms with van der Waals surface area (Å²) in [5, 5.41) is 8.47. The van der Waals surface area contributed by atoms with Crippen molar-refractivity contribution in [2.24, 2.45) is 4.99 Å². The number of carboxylic acids is 1. The summed E-state index contributed by atoms with van der Waals surface area (Å²) in [7, 11) is 0. The molecule has 2 aromatic rings. The number of aliphatic carboxylic acids is 1. The normalized spacial score (nSPS) is 18.7. The molecule has 29 heavy (non-hydrogen) atoms. The monoisotopic (exact) mass is 424 g/mol. The lowest BCUT2D eigenvalue weighted by atomic mass is 10.2. The second kappa shape index (κ2) is 8.56. The van der Waals surface area contributed by atoms with Crippen LogP contribution in [0.25, 0.3) is 0 Å². The van der Waals surface area contributed by atoms with Gasteiger partial charge in [-0.3, -0.25) is 14.5 Å². The average molecular weight is 424 g/mol. The third-order valence-electron chi connectivity index (χ3n) is 3.89. The first kappa shape index (κ1) is 20.7. The zero-order valence-electron chi connectivity index (χ0n) is 14.8. The van der Waals surface area contributed by atoms with E-state index in [1.165, 1.54) is 17.0 Å². The maximum absolute atomic E-state index is 12.5. The number of aliphatic imine (C=N–C) groups is 1. The van der Waals surface area contributed by atoms with E-state index in [-0.39, 0.29) is 23.8 Å². The fourth-order valence-electron chi connectivity index (χ4n) is 2.59. The number of amides is 1. The number of carboxylic acid groups (broad SMARTS) is 1. The fraction of sp³-hybridized carbons (Fsp3) is 0.211. The lowest BCUT2D eigenvalue weighted by molar-refractivity contribution is -0.274. The minimum Gasteiger partial charge on any atom is -0.480 e. The molecule has 0 bridgehead atoms. The van der Waals surface area contributed by atoms with Crippen LogP contribution in [0.1, 0.15) is 12.0 Å². The molecule has 0 unspecified atom stereocenters. The molecule has 1 amide bonds. The molecule has 10 heteroatoms. The Bertz CT molecular complexity index is 917. The van der Waals surface area contributed by atoms with Gasteiger partial charge < -0.3 is 9.84 Å². The summed E-state index contributed by atoms with van der Waals surface area (Å²) in [6.45, 7) is 0.202. The van der Waals surface area contributed by atoms with E-state index in [1.807, 2.05) is 30.3 Å². The summed E-state index contributed by atoms with van der Waals surface area (Å²) in [6.07, 6.45) is -4.98. The summed E-state index contributed by atoms with van der Waals surface area (Å²) in [5.41, 5.74) is 1.09. The van der Waals surface area contributed by atoms with E-state index in [4.69, 9.17) is 0 Å². The summed E-state index contributed by atoms with van der Waals surface area (Å²) < 4.78 is 40.7. The number of hydrogen-bond donors (Lipinski definition) is 1. The van der Waals surface area contributed by atoms with Gasteiger partial charge in [-0.25, -0.2) is 4.99 Å². The summed E-state index contributed by atoms with van der Waals surface area (Å²) in [4.78, 5) is 29.6. The highest BCUT2D eigenvalue weighted by molar-refractivity contribution is 8.15. The molecule has 1 aliphatic rings. The van der Waals surface area contributed by atoms with E-state index in [9.17, 15) is 27.9 Å². The topological polar surface area (TPSA) is 79.2 Å². The number of carbonyl (C=O) groups is 2. The van der Waals surface area contributed by atoms with Gasteiger partial charge in [0.1, 0.15) is 11.0 Å². The lowest BCUT2D eigenvalue weighted by Crippen LogP contribution is -2.43. The zero-order valence-corrected chi connectivity index (χ0v) is 15.6. The number of rotatable bonds is 5. The molecular formula is C19H15F3N2O4S. The molecular weight excluding hydrogens is 409 g/mol. The van der Waals surface area contributed by atoms with Crippen molar-refractivity contribution in [2.45, 2.75) is 24.6 Å². The molecule has 1 N–H and O–H groups in total. The van der Waals surface area contributed by atoms with Crippen molar-refractivity contribution >= 4 is 34.5 Å². The van der Waals surface area contributed by atoms with E-state index in [1.54, 1.807) is 0 Å². The van der Waals surface area contributed by atoms with Gasteiger partial charge in [0.05, 0.1) is 18.7 Å². The van der Waals surface area contributed by atoms with Crippen LogP contribution in [0, 0.1) is 0 Å². The average Bonchev–Trinajstić information content (AvgIpc) is 2.65. The van der Waals surface area contributed by atoms with E-state index in [0.29, 0.717) is 0 Å². The van der Waals surface area contributed by atoms with Gasteiger partial charge in [0.2, 0.25) is 5.91 Å². The van der Waals surface area contributed by atoms with Gasteiger partial charge in [0.25, 0.3) is 0 Å². The van der Waals surface area contributed by atoms with Crippen molar-refractivity contribution in [3.8, 4) is 5.75 Å². The van der Waals surface area contributed by atoms with Crippen LogP contribution in [-0.4, -0.2) is 38.7 Å². The Labute approximate surface area is 168 Å². The molecule has 3 rings (SSSR count). The predicted molar refractivity (Wildman–Crippen MR) is 101 cm³/mol. The third kappa shape index (κ3) is 5.74. The number of ether oxygens (including phenoxy) is 1. The summed E-state index contributed by atoms with van der Waals surface area (Å²) >= 11 is 0.924. The molecule has 0 saturated carbocycles. The third-order valence-corrected chi connectivity index (χ3v) is 5.07. The van der Waals surface area contributed by atoms with Gasteiger partial charge in [-0.1, -0.05) is 42.1 Å². The first-order chi connectivity index (χ1) is 13.7. The van der Waals surface area contributed by atoms with Gasteiger partial charge in [-0.2, -0.15) is 0 Å². The van der Waals surface area contributed by atoms with Crippen molar-refractivity contribution in [1.29, 1.82) is 0 Å². The SMILES string of the molecule is O=C(O)[C@@H]1CC(=O)N(Cc2ccccc2)C(=Nc2ccc(OC(F)(F)F)cc2)S1. The summed E-state index contributed by atoms with van der Waals surface area (Å²) in [5.74, 6) is -1.93. The van der Waals surface area contributed by atoms with Gasteiger partial charge in [0.15, 0.2) is 5.17 Å². The number of nitrogens with zero attached hydrogens (tertiary/aromatic N) is 2. The number of alkyl halides is 3. The largest absolute Gasteiger partial charge is 0.573 e. The van der Waals surface area contributed by atoms with Crippen molar-refractivity contribution in [1.82, 2.24) is 4.90 Å². The lowest BCUT2D eigenvalue weighted by Gasteiger charge is -2.30. The molecule has 0 spiro atoms. The van der Waals surface area contributed by atoms with Crippen molar-refractivity contribution in [3.05, 3.63) is 60.2 Å². The van der Waals surface area contributed by atoms with Crippen LogP contribution in [0.4, 0.5) is 18.9 Å². The molecule has 1 saturated heterocycles. The van der Waals surface area contributed by atoms with E-state index in [0.717, 1.165) is 29.5 Å². The molecule has 1 fully saturated rings. The van der Waals surface area contributed by atoms with Gasteiger partial charge in [-0.15, -0.1) is 13.2 Å². The van der Waals surface area contributed by atoms with Crippen LogP contribution >= 0.6 is 11.8 Å². The second-order valence-corrected chi connectivity index (χ2v) is 7.22. The Morgan fingerprint density at radius 2 is 1.83 bits per heavy atom. The summed E-state index contributed by atoms with van der Waals surface area (Å²) in [6, 6.07) is 13.9. The molecule has 0 aliphatic carbocycles. The Hall–Kier alpha value is -3.01. The Morgan fingerprint density at radius 3 is 2.41 bits per heavy atom. The molecule has 2 aromatic carbocycles. The first-order valence-electron chi connectivity index (χ1n) is 8.39. The Kier molecular flexibility index (Phi) is 6.12. The number of halogens is 3. The Balaban J connectivity index is 1.87. The second-order valence-electron chi connectivity index (χ2n) is 6.05. The van der Waals surface area contributed by atoms with Gasteiger partial charge in [-0.05, 0) is 29.8 Å². The minimum absolute atomic E-state index is 0.169. The number of hydrogen-bond acceptors (Lipinski definition) is 5. The van der Waals surface area contributed by atoms with Crippen LogP contribution < -0.4 is 4.74 Å². The molecule has 1 aliphatic heterocycles. The maximum Gasteiger partial charge on any atom is 0.573 e. The first-order valence-corrected chi connectivity index (χ1v) is 9.27. The highest BCUT2D eigenvalue weighted by Gasteiger charge is 2.36. The number of amidine groups is 1. The molecule has 6 nitrogen and oxygen atoms in total. The number of thioether (sulfide) groups is 1. The van der Waals surface area contributed by atoms with Crippen LogP contribution in [0.5, 0.6) is 5.75 Å². The smallest absolute Gasteiger partial charge is 0.480 e. The van der Waals surface area contributed by atoms with Gasteiger partial charge in [0, 0.05) is 0 Å². The van der Waals surface area contributed by atoms with E-state index in [2.05, 4.69) is 9.73 Å². The molecule has 152 valence electrons. The zero-order chi connectivity index (χ0) is 21.0. The minimum atomic E-state index is -4.81. The molecule has 0 aromatic heterocycles. The maximum atomic E-state index is 12.5. The number of carbonyl (C=O) groups excluding carboxylic acids is 1.